The van der Waals surface area contributed by atoms with Gasteiger partial charge in [-0.3, -0.25) is 19.1 Å². The van der Waals surface area contributed by atoms with E-state index in [0.29, 0.717) is 31.0 Å². The van der Waals surface area contributed by atoms with Gasteiger partial charge in [0.1, 0.15) is 12.4 Å². The van der Waals surface area contributed by atoms with Crippen LogP contribution in [0.3, 0.4) is 0 Å². The number of aromatic nitrogens is 2. The molecule has 29 heavy (non-hydrogen) atoms. The summed E-state index contributed by atoms with van der Waals surface area (Å²) in [7, 11) is 0. The summed E-state index contributed by atoms with van der Waals surface area (Å²) in [6, 6.07) is 7.82. The van der Waals surface area contributed by atoms with E-state index >= 15 is 0 Å². The summed E-state index contributed by atoms with van der Waals surface area (Å²) in [5.41, 5.74) is 0.877. The first-order valence-electron chi connectivity index (χ1n) is 10.8. The van der Waals surface area contributed by atoms with Crippen molar-refractivity contribution in [2.24, 2.45) is 5.92 Å². The van der Waals surface area contributed by atoms with Gasteiger partial charge in [0.15, 0.2) is 0 Å². The first-order valence-corrected chi connectivity index (χ1v) is 10.8. The van der Waals surface area contributed by atoms with Crippen LogP contribution < -0.4 is 5.56 Å². The Bertz CT molecular complexity index is 968. The molecule has 5 rings (SSSR count). The van der Waals surface area contributed by atoms with Gasteiger partial charge in [0, 0.05) is 26.2 Å². The van der Waals surface area contributed by atoms with E-state index in [4.69, 9.17) is 9.72 Å². The minimum Gasteiger partial charge on any atom is -0.370 e. The predicted molar refractivity (Wildman–Crippen MR) is 110 cm³/mol. The van der Waals surface area contributed by atoms with Crippen LogP contribution in [0, 0.1) is 5.92 Å². The molecule has 7 heteroatoms. The smallest absolute Gasteiger partial charge is 0.261 e. The lowest BCUT2D eigenvalue weighted by Crippen LogP contribution is -2.45. The van der Waals surface area contributed by atoms with Crippen LogP contribution >= 0.6 is 0 Å². The maximum atomic E-state index is 13.3. The molecule has 1 aliphatic carbocycles. The molecule has 3 aliphatic rings. The number of carbonyl (C=O) groups is 1. The van der Waals surface area contributed by atoms with E-state index in [0.717, 1.165) is 43.8 Å². The van der Waals surface area contributed by atoms with Gasteiger partial charge in [0.05, 0.1) is 23.6 Å². The first kappa shape index (κ1) is 18.8. The topological polar surface area (TPSA) is 67.7 Å². The summed E-state index contributed by atoms with van der Waals surface area (Å²) in [4.78, 5) is 34.6. The second kappa shape index (κ2) is 7.88. The van der Waals surface area contributed by atoms with E-state index in [2.05, 4.69) is 4.90 Å². The zero-order chi connectivity index (χ0) is 19.8. The van der Waals surface area contributed by atoms with Crippen LogP contribution in [-0.4, -0.2) is 64.7 Å². The predicted octanol–water partition coefficient (Wildman–Crippen LogP) is 1.80. The molecule has 0 radical (unpaired) electrons. The van der Waals surface area contributed by atoms with Crippen molar-refractivity contribution in [1.82, 2.24) is 19.4 Å². The van der Waals surface area contributed by atoms with Crippen LogP contribution in [0.1, 0.15) is 37.5 Å². The summed E-state index contributed by atoms with van der Waals surface area (Å²) >= 11 is 0. The number of likely N-dealkylation sites (tertiary alicyclic amines) is 1. The van der Waals surface area contributed by atoms with Crippen LogP contribution in [0.4, 0.5) is 0 Å². The maximum Gasteiger partial charge on any atom is 0.261 e. The Kier molecular flexibility index (Phi) is 5.09. The number of morpholine rings is 1. The zero-order valence-corrected chi connectivity index (χ0v) is 16.8. The monoisotopic (exact) mass is 396 g/mol. The number of carbonyl (C=O) groups excluding carboxylic acids is 1. The number of hydrogen-bond acceptors (Lipinski definition) is 5. The van der Waals surface area contributed by atoms with Crippen LogP contribution in [-0.2, 0) is 16.1 Å². The molecule has 0 N–H and O–H groups in total. The molecule has 1 aromatic carbocycles. The number of nitrogens with zero attached hydrogens (tertiary/aromatic N) is 4. The number of para-hydroxylation sites is 1. The highest BCUT2D eigenvalue weighted by Crippen LogP contribution is 2.34. The number of ether oxygens (including phenoxy) is 1. The average Bonchev–Trinajstić information content (AvgIpc) is 3.44. The number of amides is 1. The van der Waals surface area contributed by atoms with Crippen molar-refractivity contribution in [2.75, 3.05) is 39.4 Å². The third-order valence-electron chi connectivity index (χ3n) is 6.43. The normalized spacial score (nSPS) is 23.2. The highest BCUT2D eigenvalue weighted by molar-refractivity contribution is 5.78. The summed E-state index contributed by atoms with van der Waals surface area (Å²) in [5.74, 6) is 1.59. The SMILES string of the molecule is O=C1COCCN1CCN1CCCC1c1nc2ccccc2c(=O)n1CC1CC1. The van der Waals surface area contributed by atoms with E-state index in [-0.39, 0.29) is 24.1 Å². The Balaban J connectivity index is 1.43. The molecule has 1 atom stereocenters. The molecule has 3 heterocycles. The van der Waals surface area contributed by atoms with Gasteiger partial charge in [0.2, 0.25) is 5.91 Å². The fourth-order valence-corrected chi connectivity index (χ4v) is 4.60. The lowest BCUT2D eigenvalue weighted by Gasteiger charge is -2.31. The van der Waals surface area contributed by atoms with Crippen LogP contribution in [0.5, 0.6) is 0 Å². The van der Waals surface area contributed by atoms with Gasteiger partial charge in [-0.05, 0) is 50.3 Å². The fourth-order valence-electron chi connectivity index (χ4n) is 4.60. The molecule has 3 fully saturated rings. The number of hydrogen-bond donors (Lipinski definition) is 0. The Morgan fingerprint density at radius 2 is 1.93 bits per heavy atom. The van der Waals surface area contributed by atoms with Crippen molar-refractivity contribution < 1.29 is 9.53 Å². The van der Waals surface area contributed by atoms with Crippen LogP contribution in [0.15, 0.2) is 29.1 Å². The largest absolute Gasteiger partial charge is 0.370 e. The van der Waals surface area contributed by atoms with Gasteiger partial charge in [0.25, 0.3) is 5.56 Å². The standard InChI is InChI=1S/C22H28N4O3/c27-20-15-29-13-12-25(20)11-10-24-9-3-6-19(24)21-23-18-5-2-1-4-17(18)22(28)26(21)14-16-7-8-16/h1-2,4-5,16,19H,3,6-15H2. The lowest BCUT2D eigenvalue weighted by molar-refractivity contribution is -0.142. The summed E-state index contributed by atoms with van der Waals surface area (Å²) < 4.78 is 7.18. The summed E-state index contributed by atoms with van der Waals surface area (Å²) in [6.45, 7) is 4.74. The fraction of sp³-hybridized carbons (Fsp3) is 0.591. The van der Waals surface area contributed by atoms with Gasteiger partial charge in [-0.25, -0.2) is 4.98 Å². The molecule has 1 amide bonds. The van der Waals surface area contributed by atoms with Crippen LogP contribution in [0.2, 0.25) is 0 Å². The van der Waals surface area contributed by atoms with Crippen molar-refractivity contribution in [2.45, 2.75) is 38.3 Å². The molecule has 0 bridgehead atoms. The third-order valence-corrected chi connectivity index (χ3v) is 6.43. The van der Waals surface area contributed by atoms with Gasteiger partial charge in [-0.15, -0.1) is 0 Å². The minimum atomic E-state index is 0.0708. The van der Waals surface area contributed by atoms with Crippen molar-refractivity contribution in [3.8, 4) is 0 Å². The van der Waals surface area contributed by atoms with E-state index in [1.54, 1.807) is 0 Å². The first-order chi connectivity index (χ1) is 14.2. The molecular formula is C22H28N4O3. The molecule has 154 valence electrons. The van der Waals surface area contributed by atoms with Crippen molar-refractivity contribution in [1.29, 1.82) is 0 Å². The molecular weight excluding hydrogens is 368 g/mol. The van der Waals surface area contributed by atoms with Gasteiger partial charge < -0.3 is 9.64 Å². The highest BCUT2D eigenvalue weighted by atomic mass is 16.5. The second-order valence-electron chi connectivity index (χ2n) is 8.47. The van der Waals surface area contributed by atoms with Crippen molar-refractivity contribution in [3.05, 3.63) is 40.4 Å². The molecule has 1 aromatic heterocycles. The maximum absolute atomic E-state index is 13.3. The minimum absolute atomic E-state index is 0.0708. The molecule has 2 saturated heterocycles. The quantitative estimate of drug-likeness (QED) is 0.745. The second-order valence-corrected chi connectivity index (χ2v) is 8.47. The molecule has 2 aromatic rings. The average molecular weight is 396 g/mol. The van der Waals surface area contributed by atoms with Gasteiger partial charge >= 0.3 is 0 Å². The number of fused-ring (bicyclic) bond motifs is 1. The Labute approximate surface area is 170 Å². The summed E-state index contributed by atoms with van der Waals surface area (Å²) in [5, 5.41) is 0.709. The van der Waals surface area contributed by atoms with Crippen molar-refractivity contribution >= 4 is 16.8 Å². The van der Waals surface area contributed by atoms with Crippen molar-refractivity contribution in [3.63, 3.8) is 0 Å². The number of benzene rings is 1. The molecule has 0 spiro atoms. The van der Waals surface area contributed by atoms with Gasteiger partial charge in [-0.1, -0.05) is 12.1 Å². The van der Waals surface area contributed by atoms with E-state index < -0.39 is 0 Å². The Morgan fingerprint density at radius 3 is 2.76 bits per heavy atom. The van der Waals surface area contributed by atoms with E-state index in [9.17, 15) is 9.59 Å². The Morgan fingerprint density at radius 1 is 1.07 bits per heavy atom. The van der Waals surface area contributed by atoms with E-state index in [1.165, 1.54) is 12.8 Å². The molecule has 1 saturated carbocycles. The third kappa shape index (κ3) is 3.81. The number of rotatable bonds is 6. The molecule has 1 unspecified atom stereocenters. The Hall–Kier alpha value is -2.25. The summed E-state index contributed by atoms with van der Waals surface area (Å²) in [6.07, 6.45) is 4.50. The molecule has 7 nitrogen and oxygen atoms in total. The lowest BCUT2D eigenvalue weighted by atomic mass is 10.1. The van der Waals surface area contributed by atoms with Gasteiger partial charge in [-0.2, -0.15) is 0 Å². The highest BCUT2D eigenvalue weighted by Gasteiger charge is 2.33. The van der Waals surface area contributed by atoms with Crippen LogP contribution in [0.25, 0.3) is 10.9 Å². The van der Waals surface area contributed by atoms with E-state index in [1.807, 2.05) is 33.7 Å². The molecule has 2 aliphatic heterocycles. The zero-order valence-electron chi connectivity index (χ0n) is 16.8.